The molecule has 0 spiro atoms. The molecule has 2 unspecified atom stereocenters. The van der Waals surface area contributed by atoms with Crippen LogP contribution in [0.3, 0.4) is 0 Å². The summed E-state index contributed by atoms with van der Waals surface area (Å²) in [5.74, 6) is -1.44. The molecule has 74 valence electrons. The maximum atomic E-state index is 12.2. The molecule has 0 aromatic heterocycles. The second-order valence-electron chi connectivity index (χ2n) is 3.13. The average molecular weight is 192 g/mol. The Morgan fingerprint density at radius 1 is 1.54 bits per heavy atom. The van der Waals surface area contributed by atoms with Crippen molar-refractivity contribution in [2.24, 2.45) is 5.92 Å². The SMILES string of the molecule is CC(O)C1=CC(C(F)(F)F)CC=C1. The Bertz CT molecular complexity index is 238. The second kappa shape index (κ2) is 3.54. The van der Waals surface area contributed by atoms with Crippen LogP contribution in [0, 0.1) is 5.92 Å². The standard InChI is InChI=1S/C9H11F3O/c1-6(13)7-3-2-4-8(5-7)9(10,11)12/h2-3,5-6,8,13H,4H2,1H3. The zero-order valence-corrected chi connectivity index (χ0v) is 7.17. The Morgan fingerprint density at radius 2 is 2.15 bits per heavy atom. The van der Waals surface area contributed by atoms with Crippen molar-refractivity contribution >= 4 is 0 Å². The maximum absolute atomic E-state index is 12.2. The van der Waals surface area contributed by atoms with E-state index in [1.165, 1.54) is 19.1 Å². The zero-order valence-electron chi connectivity index (χ0n) is 7.17. The first kappa shape index (κ1) is 10.3. The van der Waals surface area contributed by atoms with Crippen LogP contribution in [0.25, 0.3) is 0 Å². The van der Waals surface area contributed by atoms with Crippen molar-refractivity contribution in [2.75, 3.05) is 0 Å². The lowest BCUT2D eigenvalue weighted by Gasteiger charge is -2.20. The van der Waals surface area contributed by atoms with Gasteiger partial charge in [0, 0.05) is 0 Å². The number of aliphatic hydroxyl groups excluding tert-OH is 1. The summed E-state index contributed by atoms with van der Waals surface area (Å²) in [7, 11) is 0. The topological polar surface area (TPSA) is 20.2 Å². The summed E-state index contributed by atoms with van der Waals surface area (Å²) >= 11 is 0. The minimum atomic E-state index is -4.20. The third-order valence-electron chi connectivity index (χ3n) is 2.00. The molecule has 4 heteroatoms. The number of allylic oxidation sites excluding steroid dienone is 2. The van der Waals surface area contributed by atoms with Crippen LogP contribution in [0.15, 0.2) is 23.8 Å². The van der Waals surface area contributed by atoms with Gasteiger partial charge in [-0.25, -0.2) is 0 Å². The quantitative estimate of drug-likeness (QED) is 0.676. The van der Waals surface area contributed by atoms with Gasteiger partial charge in [-0.3, -0.25) is 0 Å². The van der Waals surface area contributed by atoms with Crippen molar-refractivity contribution in [1.29, 1.82) is 0 Å². The van der Waals surface area contributed by atoms with Gasteiger partial charge in [0.15, 0.2) is 0 Å². The molecule has 1 N–H and O–H groups in total. The molecule has 1 aliphatic rings. The molecule has 1 aliphatic carbocycles. The first-order valence-corrected chi connectivity index (χ1v) is 4.04. The zero-order chi connectivity index (χ0) is 10.1. The Hall–Kier alpha value is -0.770. The largest absolute Gasteiger partial charge is 0.395 e. The molecule has 1 rings (SSSR count). The molecule has 0 amide bonds. The second-order valence-corrected chi connectivity index (χ2v) is 3.13. The van der Waals surface area contributed by atoms with E-state index >= 15 is 0 Å². The molecule has 0 aromatic rings. The molecular formula is C9H11F3O. The molecule has 2 atom stereocenters. The lowest BCUT2D eigenvalue weighted by molar-refractivity contribution is -0.160. The minimum absolute atomic E-state index is 0.0281. The van der Waals surface area contributed by atoms with E-state index in [2.05, 4.69) is 0 Å². The Balaban J connectivity index is 2.79. The number of hydrogen-bond donors (Lipinski definition) is 1. The van der Waals surface area contributed by atoms with Crippen LogP contribution in [0.1, 0.15) is 13.3 Å². The number of aliphatic hydroxyl groups is 1. The van der Waals surface area contributed by atoms with Crippen LogP contribution in [0.4, 0.5) is 13.2 Å². The third-order valence-corrected chi connectivity index (χ3v) is 2.00. The fourth-order valence-corrected chi connectivity index (χ4v) is 1.21. The van der Waals surface area contributed by atoms with Crippen LogP contribution < -0.4 is 0 Å². The first-order valence-electron chi connectivity index (χ1n) is 4.04. The lowest BCUT2D eigenvalue weighted by atomic mass is 9.93. The van der Waals surface area contributed by atoms with E-state index in [0.717, 1.165) is 6.08 Å². The highest BCUT2D eigenvalue weighted by Crippen LogP contribution is 2.33. The number of alkyl halides is 3. The fourth-order valence-electron chi connectivity index (χ4n) is 1.21. The van der Waals surface area contributed by atoms with Crippen molar-refractivity contribution < 1.29 is 18.3 Å². The highest BCUT2D eigenvalue weighted by molar-refractivity contribution is 5.27. The summed E-state index contributed by atoms with van der Waals surface area (Å²) < 4.78 is 36.7. The fraction of sp³-hybridized carbons (Fsp3) is 0.556. The van der Waals surface area contributed by atoms with Crippen molar-refractivity contribution in [1.82, 2.24) is 0 Å². The van der Waals surface area contributed by atoms with E-state index in [0.29, 0.717) is 5.57 Å². The number of rotatable bonds is 1. The summed E-state index contributed by atoms with van der Waals surface area (Å²) in [6.45, 7) is 1.45. The minimum Gasteiger partial charge on any atom is -0.389 e. The van der Waals surface area contributed by atoms with Gasteiger partial charge in [0.05, 0.1) is 12.0 Å². The summed E-state index contributed by atoms with van der Waals surface area (Å²) in [5, 5.41) is 9.07. The molecule has 13 heavy (non-hydrogen) atoms. The summed E-state index contributed by atoms with van der Waals surface area (Å²) in [4.78, 5) is 0. The normalized spacial score (nSPS) is 25.6. The average Bonchev–Trinajstić information content (AvgIpc) is 2.03. The van der Waals surface area contributed by atoms with Crippen molar-refractivity contribution in [3.8, 4) is 0 Å². The predicted octanol–water partition coefficient (Wildman–Crippen LogP) is 2.43. The van der Waals surface area contributed by atoms with Crippen LogP contribution in [0.5, 0.6) is 0 Å². The van der Waals surface area contributed by atoms with Crippen molar-refractivity contribution in [3.63, 3.8) is 0 Å². The van der Waals surface area contributed by atoms with Crippen molar-refractivity contribution in [3.05, 3.63) is 23.8 Å². The molecule has 0 radical (unpaired) electrons. The molecule has 0 aliphatic heterocycles. The third kappa shape index (κ3) is 2.59. The molecule has 0 saturated carbocycles. The highest BCUT2D eigenvalue weighted by Gasteiger charge is 2.38. The van der Waals surface area contributed by atoms with Gasteiger partial charge in [-0.05, 0) is 18.9 Å². The molecule has 0 bridgehead atoms. The molecule has 0 fully saturated rings. The molecule has 0 heterocycles. The summed E-state index contributed by atoms with van der Waals surface area (Å²) in [6, 6.07) is 0. The van der Waals surface area contributed by atoms with Gasteiger partial charge in [0.25, 0.3) is 0 Å². The summed E-state index contributed by atoms with van der Waals surface area (Å²) in [6.07, 6.45) is -0.996. The first-order chi connectivity index (χ1) is 5.91. The van der Waals surface area contributed by atoms with E-state index < -0.39 is 18.2 Å². The van der Waals surface area contributed by atoms with E-state index in [4.69, 9.17) is 5.11 Å². The number of hydrogen-bond acceptors (Lipinski definition) is 1. The van der Waals surface area contributed by atoms with Gasteiger partial charge >= 0.3 is 6.18 Å². The van der Waals surface area contributed by atoms with Crippen LogP contribution >= 0.6 is 0 Å². The van der Waals surface area contributed by atoms with Crippen LogP contribution in [-0.4, -0.2) is 17.4 Å². The van der Waals surface area contributed by atoms with Gasteiger partial charge < -0.3 is 5.11 Å². The molecule has 0 saturated heterocycles. The summed E-state index contributed by atoms with van der Waals surface area (Å²) in [5.41, 5.74) is 0.341. The predicted molar refractivity (Wildman–Crippen MR) is 43.1 cm³/mol. The smallest absolute Gasteiger partial charge is 0.389 e. The van der Waals surface area contributed by atoms with Crippen LogP contribution in [0.2, 0.25) is 0 Å². The monoisotopic (exact) mass is 192 g/mol. The maximum Gasteiger partial charge on any atom is 0.395 e. The van der Waals surface area contributed by atoms with E-state index in [9.17, 15) is 13.2 Å². The Kier molecular flexibility index (Phi) is 2.81. The highest BCUT2D eigenvalue weighted by atomic mass is 19.4. The molecule has 0 aromatic carbocycles. The van der Waals surface area contributed by atoms with Gasteiger partial charge in [-0.15, -0.1) is 0 Å². The van der Waals surface area contributed by atoms with Crippen LogP contribution in [-0.2, 0) is 0 Å². The van der Waals surface area contributed by atoms with Crippen molar-refractivity contribution in [2.45, 2.75) is 25.6 Å². The van der Waals surface area contributed by atoms with E-state index in [-0.39, 0.29) is 6.42 Å². The van der Waals surface area contributed by atoms with E-state index in [1.807, 2.05) is 0 Å². The van der Waals surface area contributed by atoms with Gasteiger partial charge in [-0.2, -0.15) is 13.2 Å². The van der Waals surface area contributed by atoms with Gasteiger partial charge in [0.1, 0.15) is 0 Å². The molecular weight excluding hydrogens is 181 g/mol. The Morgan fingerprint density at radius 3 is 2.62 bits per heavy atom. The van der Waals surface area contributed by atoms with Gasteiger partial charge in [-0.1, -0.05) is 18.2 Å². The lowest BCUT2D eigenvalue weighted by Crippen LogP contribution is -2.23. The van der Waals surface area contributed by atoms with Gasteiger partial charge in [0.2, 0.25) is 0 Å². The Labute approximate surface area is 74.6 Å². The number of halogens is 3. The molecule has 1 nitrogen and oxygen atoms in total. The van der Waals surface area contributed by atoms with E-state index in [1.54, 1.807) is 0 Å².